The smallest absolute Gasteiger partial charge is 0.165 e. The van der Waals surface area contributed by atoms with Crippen LogP contribution in [0.2, 0.25) is 0 Å². The number of fused-ring (bicyclic) bond motifs is 1. The molecule has 3 heteroatoms. The van der Waals surface area contributed by atoms with Gasteiger partial charge in [0, 0.05) is 12.0 Å². The summed E-state index contributed by atoms with van der Waals surface area (Å²) in [5.41, 5.74) is 1.48. The topological polar surface area (TPSA) is 29.5 Å². The fraction of sp³-hybridized carbons (Fsp3) is 0.400. The molecule has 1 aromatic rings. The summed E-state index contributed by atoms with van der Waals surface area (Å²) in [6.45, 7) is 2.23. The molecule has 0 aromatic heterocycles. The third-order valence-electron chi connectivity index (χ3n) is 2.34. The van der Waals surface area contributed by atoms with Crippen molar-refractivity contribution in [2.45, 2.75) is 19.4 Å². The summed E-state index contributed by atoms with van der Waals surface area (Å²) in [4.78, 5) is 0. The maximum Gasteiger partial charge on any atom is 0.165 e. The van der Waals surface area contributed by atoms with E-state index in [0.717, 1.165) is 5.56 Å². The van der Waals surface area contributed by atoms with E-state index in [1.807, 2.05) is 6.92 Å². The van der Waals surface area contributed by atoms with E-state index in [2.05, 4.69) is 0 Å². The van der Waals surface area contributed by atoms with Crippen molar-refractivity contribution in [1.29, 1.82) is 0 Å². The number of aliphatic hydroxyl groups excluding tert-OH is 1. The SMILES string of the molecule is Cc1ccc(F)c2c1[C@@H](O)CCO2. The van der Waals surface area contributed by atoms with Crippen LogP contribution in [-0.4, -0.2) is 11.7 Å². The minimum absolute atomic E-state index is 0.221. The third-order valence-corrected chi connectivity index (χ3v) is 2.34. The number of aliphatic hydroxyl groups is 1. The molecule has 0 fully saturated rings. The number of hydrogen-bond donors (Lipinski definition) is 1. The van der Waals surface area contributed by atoms with E-state index in [1.165, 1.54) is 6.07 Å². The highest BCUT2D eigenvalue weighted by Gasteiger charge is 2.23. The summed E-state index contributed by atoms with van der Waals surface area (Å²) < 4.78 is 18.4. The molecule has 0 saturated carbocycles. The summed E-state index contributed by atoms with van der Waals surface area (Å²) in [5, 5.41) is 9.62. The van der Waals surface area contributed by atoms with Crippen LogP contribution >= 0.6 is 0 Å². The molecule has 1 N–H and O–H groups in total. The van der Waals surface area contributed by atoms with E-state index in [9.17, 15) is 9.50 Å². The Balaban J connectivity index is 2.60. The summed E-state index contributed by atoms with van der Waals surface area (Å²) in [7, 11) is 0. The van der Waals surface area contributed by atoms with Crippen LogP contribution in [0.1, 0.15) is 23.7 Å². The molecule has 0 unspecified atom stereocenters. The molecule has 2 nitrogen and oxygen atoms in total. The number of ether oxygens (including phenoxy) is 1. The highest BCUT2D eigenvalue weighted by molar-refractivity contribution is 5.43. The van der Waals surface area contributed by atoms with Crippen LogP contribution in [0.4, 0.5) is 4.39 Å². The van der Waals surface area contributed by atoms with Gasteiger partial charge in [0.1, 0.15) is 0 Å². The first-order valence-electron chi connectivity index (χ1n) is 4.30. The van der Waals surface area contributed by atoms with E-state index in [4.69, 9.17) is 4.74 Å². The van der Waals surface area contributed by atoms with Crippen molar-refractivity contribution in [3.63, 3.8) is 0 Å². The Morgan fingerprint density at radius 1 is 1.54 bits per heavy atom. The van der Waals surface area contributed by atoms with E-state index in [-0.39, 0.29) is 11.6 Å². The molecule has 0 bridgehead atoms. The van der Waals surface area contributed by atoms with Crippen molar-refractivity contribution in [2.75, 3.05) is 6.61 Å². The Labute approximate surface area is 76.0 Å². The van der Waals surface area contributed by atoms with E-state index >= 15 is 0 Å². The molecule has 1 atom stereocenters. The lowest BCUT2D eigenvalue weighted by Crippen LogP contribution is -2.16. The lowest BCUT2D eigenvalue weighted by atomic mass is 9.98. The van der Waals surface area contributed by atoms with Gasteiger partial charge in [-0.05, 0) is 18.6 Å². The van der Waals surface area contributed by atoms with E-state index in [0.29, 0.717) is 18.6 Å². The Hall–Kier alpha value is -1.09. The Kier molecular flexibility index (Phi) is 1.96. The zero-order chi connectivity index (χ0) is 9.42. The van der Waals surface area contributed by atoms with Gasteiger partial charge in [-0.1, -0.05) is 6.07 Å². The van der Waals surface area contributed by atoms with Gasteiger partial charge in [0.2, 0.25) is 0 Å². The van der Waals surface area contributed by atoms with Gasteiger partial charge >= 0.3 is 0 Å². The third kappa shape index (κ3) is 1.29. The van der Waals surface area contributed by atoms with Crippen LogP contribution < -0.4 is 4.74 Å². The van der Waals surface area contributed by atoms with Crippen molar-refractivity contribution < 1.29 is 14.2 Å². The molecular weight excluding hydrogens is 171 g/mol. The Morgan fingerprint density at radius 2 is 2.31 bits per heavy atom. The van der Waals surface area contributed by atoms with Crippen LogP contribution in [0.3, 0.4) is 0 Å². The second-order valence-corrected chi connectivity index (χ2v) is 3.26. The van der Waals surface area contributed by atoms with Crippen LogP contribution in [0, 0.1) is 12.7 Å². The number of benzene rings is 1. The van der Waals surface area contributed by atoms with Gasteiger partial charge in [0.15, 0.2) is 11.6 Å². The first-order valence-corrected chi connectivity index (χ1v) is 4.30. The van der Waals surface area contributed by atoms with E-state index < -0.39 is 6.10 Å². The zero-order valence-corrected chi connectivity index (χ0v) is 7.38. The average molecular weight is 182 g/mol. The first kappa shape index (κ1) is 8.51. The normalized spacial score (nSPS) is 20.7. The fourth-order valence-electron chi connectivity index (χ4n) is 1.65. The molecular formula is C10H11FO2. The maximum atomic E-state index is 13.2. The Bertz CT molecular complexity index is 336. The molecule has 2 rings (SSSR count). The molecule has 1 heterocycles. The average Bonchev–Trinajstić information content (AvgIpc) is 2.12. The Morgan fingerprint density at radius 3 is 3.00 bits per heavy atom. The van der Waals surface area contributed by atoms with Gasteiger partial charge in [-0.25, -0.2) is 4.39 Å². The van der Waals surface area contributed by atoms with Gasteiger partial charge < -0.3 is 9.84 Å². The lowest BCUT2D eigenvalue weighted by molar-refractivity contribution is 0.111. The number of rotatable bonds is 0. The predicted molar refractivity (Wildman–Crippen MR) is 46.2 cm³/mol. The molecule has 0 amide bonds. The van der Waals surface area contributed by atoms with Crippen molar-refractivity contribution in [2.24, 2.45) is 0 Å². The van der Waals surface area contributed by atoms with Gasteiger partial charge in [0.05, 0.1) is 12.7 Å². The summed E-state index contributed by atoms with van der Waals surface area (Å²) >= 11 is 0. The highest BCUT2D eigenvalue weighted by Crippen LogP contribution is 2.36. The lowest BCUT2D eigenvalue weighted by Gasteiger charge is -2.24. The highest BCUT2D eigenvalue weighted by atomic mass is 19.1. The number of aryl methyl sites for hydroxylation is 1. The molecule has 1 aliphatic heterocycles. The van der Waals surface area contributed by atoms with Crippen molar-refractivity contribution in [3.8, 4) is 5.75 Å². The molecule has 0 spiro atoms. The predicted octanol–water partition coefficient (Wildman–Crippen LogP) is 1.95. The standard InChI is InChI=1S/C10H11FO2/c1-6-2-3-7(11)10-9(6)8(12)4-5-13-10/h2-3,8,12H,4-5H2,1H3/t8-/m0/s1. The quantitative estimate of drug-likeness (QED) is 0.664. The second-order valence-electron chi connectivity index (χ2n) is 3.26. The van der Waals surface area contributed by atoms with Crippen molar-refractivity contribution in [1.82, 2.24) is 0 Å². The minimum Gasteiger partial charge on any atom is -0.490 e. The van der Waals surface area contributed by atoms with E-state index in [1.54, 1.807) is 6.07 Å². The summed E-state index contributed by atoms with van der Waals surface area (Å²) in [6.07, 6.45) is -0.0449. The molecule has 13 heavy (non-hydrogen) atoms. The van der Waals surface area contributed by atoms with Gasteiger partial charge in [-0.2, -0.15) is 0 Å². The summed E-state index contributed by atoms with van der Waals surface area (Å²) in [5.74, 6) is -0.168. The second kappa shape index (κ2) is 3.00. The molecule has 0 saturated heterocycles. The maximum absolute atomic E-state index is 13.2. The molecule has 0 radical (unpaired) electrons. The van der Waals surface area contributed by atoms with Crippen LogP contribution in [-0.2, 0) is 0 Å². The van der Waals surface area contributed by atoms with Gasteiger partial charge in [0.25, 0.3) is 0 Å². The largest absolute Gasteiger partial charge is 0.490 e. The van der Waals surface area contributed by atoms with Gasteiger partial charge in [-0.15, -0.1) is 0 Å². The number of halogens is 1. The summed E-state index contributed by atoms with van der Waals surface area (Å²) in [6, 6.07) is 3.03. The first-order chi connectivity index (χ1) is 6.20. The van der Waals surface area contributed by atoms with Gasteiger partial charge in [-0.3, -0.25) is 0 Å². The molecule has 1 aromatic carbocycles. The monoisotopic (exact) mass is 182 g/mol. The molecule has 1 aliphatic rings. The van der Waals surface area contributed by atoms with Crippen molar-refractivity contribution in [3.05, 3.63) is 29.1 Å². The fourth-order valence-corrected chi connectivity index (χ4v) is 1.65. The molecule has 70 valence electrons. The van der Waals surface area contributed by atoms with Crippen LogP contribution in [0.25, 0.3) is 0 Å². The van der Waals surface area contributed by atoms with Crippen LogP contribution in [0.5, 0.6) is 5.75 Å². The minimum atomic E-state index is -0.584. The number of hydrogen-bond acceptors (Lipinski definition) is 2. The van der Waals surface area contributed by atoms with Crippen LogP contribution in [0.15, 0.2) is 12.1 Å². The molecule has 0 aliphatic carbocycles. The zero-order valence-electron chi connectivity index (χ0n) is 7.38. The van der Waals surface area contributed by atoms with Crippen molar-refractivity contribution >= 4 is 0 Å².